The van der Waals surface area contributed by atoms with Crippen LogP contribution in [0.5, 0.6) is 0 Å². The molecule has 0 aliphatic carbocycles. The number of hydrogen-bond donors (Lipinski definition) is 3. The van der Waals surface area contributed by atoms with E-state index in [4.69, 9.17) is 10.8 Å². The molecule has 0 heterocycles. The standard InChI is InChI=1S/C6H13NO2S/c7-4-5(10)2-1-3-6(8)9/h5,10H,1-4,7H2,(H,8,9). The van der Waals surface area contributed by atoms with Crippen molar-refractivity contribution in [2.24, 2.45) is 5.73 Å². The molecule has 3 N–H and O–H groups in total. The van der Waals surface area contributed by atoms with Crippen molar-refractivity contribution in [3.05, 3.63) is 0 Å². The summed E-state index contributed by atoms with van der Waals surface area (Å²) < 4.78 is 0. The minimum absolute atomic E-state index is 0.152. The van der Waals surface area contributed by atoms with Crippen LogP contribution in [0.4, 0.5) is 0 Å². The predicted molar refractivity (Wildman–Crippen MR) is 43.3 cm³/mol. The smallest absolute Gasteiger partial charge is 0.303 e. The van der Waals surface area contributed by atoms with Crippen molar-refractivity contribution in [3.63, 3.8) is 0 Å². The summed E-state index contributed by atoms with van der Waals surface area (Å²) in [7, 11) is 0. The maximum atomic E-state index is 10.0. The molecule has 0 saturated heterocycles. The molecule has 0 spiro atoms. The Labute approximate surface area is 66.0 Å². The Morgan fingerprint density at radius 3 is 2.70 bits per heavy atom. The molecule has 1 unspecified atom stereocenters. The van der Waals surface area contributed by atoms with Gasteiger partial charge in [-0.25, -0.2) is 0 Å². The Kier molecular flexibility index (Phi) is 5.43. The Bertz CT molecular complexity index is 108. The summed E-state index contributed by atoms with van der Waals surface area (Å²) in [4.78, 5) is 10.0. The molecule has 0 aromatic heterocycles. The SMILES string of the molecule is NCC(S)CCCC(=O)O. The van der Waals surface area contributed by atoms with E-state index in [1.807, 2.05) is 0 Å². The van der Waals surface area contributed by atoms with Gasteiger partial charge < -0.3 is 10.8 Å². The second-order valence-electron chi connectivity index (χ2n) is 2.18. The first-order chi connectivity index (χ1) is 4.66. The van der Waals surface area contributed by atoms with E-state index < -0.39 is 5.97 Å². The van der Waals surface area contributed by atoms with E-state index in [1.165, 1.54) is 0 Å². The lowest BCUT2D eigenvalue weighted by Gasteiger charge is -2.04. The number of hydrogen-bond acceptors (Lipinski definition) is 3. The zero-order chi connectivity index (χ0) is 7.98. The second kappa shape index (κ2) is 5.56. The zero-order valence-corrected chi connectivity index (χ0v) is 6.68. The van der Waals surface area contributed by atoms with Gasteiger partial charge >= 0.3 is 5.97 Å². The summed E-state index contributed by atoms with van der Waals surface area (Å²) in [5.41, 5.74) is 5.27. The number of aliphatic carboxylic acids is 1. The van der Waals surface area contributed by atoms with Crippen LogP contribution in [0.1, 0.15) is 19.3 Å². The van der Waals surface area contributed by atoms with Gasteiger partial charge in [0.25, 0.3) is 0 Å². The van der Waals surface area contributed by atoms with Crippen LogP contribution >= 0.6 is 12.6 Å². The van der Waals surface area contributed by atoms with Gasteiger partial charge in [0, 0.05) is 18.2 Å². The molecule has 10 heavy (non-hydrogen) atoms. The van der Waals surface area contributed by atoms with Gasteiger partial charge in [-0.1, -0.05) is 0 Å². The van der Waals surface area contributed by atoms with Gasteiger partial charge in [0.2, 0.25) is 0 Å². The first-order valence-electron chi connectivity index (χ1n) is 3.26. The highest BCUT2D eigenvalue weighted by molar-refractivity contribution is 7.81. The van der Waals surface area contributed by atoms with Crippen LogP contribution in [0.2, 0.25) is 0 Å². The number of carboxylic acids is 1. The molecule has 0 rings (SSSR count). The van der Waals surface area contributed by atoms with Crippen molar-refractivity contribution in [2.45, 2.75) is 24.5 Å². The maximum absolute atomic E-state index is 10.0. The second-order valence-corrected chi connectivity index (χ2v) is 2.91. The fourth-order valence-corrected chi connectivity index (χ4v) is 0.789. The molecule has 0 radical (unpaired) electrons. The quantitative estimate of drug-likeness (QED) is 0.517. The van der Waals surface area contributed by atoms with Crippen LogP contribution in [-0.4, -0.2) is 22.9 Å². The first kappa shape index (κ1) is 9.78. The van der Waals surface area contributed by atoms with Crippen molar-refractivity contribution >= 4 is 18.6 Å². The Morgan fingerprint density at radius 2 is 2.30 bits per heavy atom. The lowest BCUT2D eigenvalue weighted by atomic mass is 10.2. The highest BCUT2D eigenvalue weighted by Crippen LogP contribution is 2.04. The monoisotopic (exact) mass is 163 g/mol. The summed E-state index contributed by atoms with van der Waals surface area (Å²) >= 11 is 4.11. The molecular weight excluding hydrogens is 150 g/mol. The molecule has 60 valence electrons. The topological polar surface area (TPSA) is 63.3 Å². The maximum Gasteiger partial charge on any atom is 0.303 e. The van der Waals surface area contributed by atoms with Crippen LogP contribution in [0.25, 0.3) is 0 Å². The Hall–Kier alpha value is -0.220. The van der Waals surface area contributed by atoms with E-state index in [1.54, 1.807) is 0 Å². The molecule has 1 atom stereocenters. The van der Waals surface area contributed by atoms with E-state index >= 15 is 0 Å². The van der Waals surface area contributed by atoms with E-state index in [2.05, 4.69) is 12.6 Å². The Morgan fingerprint density at radius 1 is 1.70 bits per heavy atom. The molecule has 0 aliphatic rings. The summed E-state index contributed by atoms with van der Waals surface area (Å²) in [5, 5.41) is 8.40. The molecule has 4 heteroatoms. The highest BCUT2D eigenvalue weighted by atomic mass is 32.1. The summed E-state index contributed by atoms with van der Waals surface area (Å²) in [6.07, 6.45) is 1.67. The average Bonchev–Trinajstić information content (AvgIpc) is 1.87. The molecular formula is C6H13NO2S. The Balaban J connectivity index is 3.11. The minimum atomic E-state index is -0.752. The minimum Gasteiger partial charge on any atom is -0.481 e. The lowest BCUT2D eigenvalue weighted by Crippen LogP contribution is -2.14. The van der Waals surface area contributed by atoms with Crippen molar-refractivity contribution in [1.29, 1.82) is 0 Å². The number of rotatable bonds is 5. The largest absolute Gasteiger partial charge is 0.481 e. The van der Waals surface area contributed by atoms with E-state index in [9.17, 15) is 4.79 Å². The van der Waals surface area contributed by atoms with Gasteiger partial charge in [-0.05, 0) is 12.8 Å². The van der Waals surface area contributed by atoms with Crippen molar-refractivity contribution in [2.75, 3.05) is 6.54 Å². The molecule has 0 saturated carbocycles. The van der Waals surface area contributed by atoms with Gasteiger partial charge in [0.1, 0.15) is 0 Å². The lowest BCUT2D eigenvalue weighted by molar-refractivity contribution is -0.137. The molecule has 3 nitrogen and oxygen atoms in total. The van der Waals surface area contributed by atoms with Gasteiger partial charge in [0.05, 0.1) is 0 Å². The fraction of sp³-hybridized carbons (Fsp3) is 0.833. The molecule has 0 amide bonds. The van der Waals surface area contributed by atoms with Crippen molar-refractivity contribution in [3.8, 4) is 0 Å². The van der Waals surface area contributed by atoms with Crippen LogP contribution in [0.3, 0.4) is 0 Å². The molecule has 0 aromatic carbocycles. The molecule has 0 aliphatic heterocycles. The number of carboxylic acid groups (broad SMARTS) is 1. The third kappa shape index (κ3) is 5.91. The van der Waals surface area contributed by atoms with Crippen LogP contribution in [0, 0.1) is 0 Å². The average molecular weight is 163 g/mol. The first-order valence-corrected chi connectivity index (χ1v) is 3.78. The van der Waals surface area contributed by atoms with Gasteiger partial charge in [-0.2, -0.15) is 12.6 Å². The summed E-state index contributed by atoms with van der Waals surface area (Å²) in [6.45, 7) is 0.517. The number of thiol groups is 1. The highest BCUT2D eigenvalue weighted by Gasteiger charge is 2.01. The fourth-order valence-electron chi connectivity index (χ4n) is 0.607. The number of carbonyl (C=O) groups is 1. The van der Waals surface area contributed by atoms with E-state index in [0.717, 1.165) is 6.42 Å². The van der Waals surface area contributed by atoms with E-state index in [0.29, 0.717) is 13.0 Å². The third-order valence-electron chi connectivity index (χ3n) is 1.20. The van der Waals surface area contributed by atoms with Gasteiger partial charge in [-0.15, -0.1) is 0 Å². The number of nitrogens with two attached hydrogens (primary N) is 1. The molecule has 0 aromatic rings. The van der Waals surface area contributed by atoms with Gasteiger partial charge in [-0.3, -0.25) is 4.79 Å². The summed E-state index contributed by atoms with van der Waals surface area (Å²) in [5.74, 6) is -0.752. The predicted octanol–water partition coefficient (Wildman–Crippen LogP) is 0.498. The van der Waals surface area contributed by atoms with Crippen molar-refractivity contribution in [1.82, 2.24) is 0 Å². The van der Waals surface area contributed by atoms with Crippen LogP contribution < -0.4 is 5.73 Å². The van der Waals surface area contributed by atoms with Crippen molar-refractivity contribution < 1.29 is 9.90 Å². The molecule has 0 fully saturated rings. The zero-order valence-electron chi connectivity index (χ0n) is 5.79. The van der Waals surface area contributed by atoms with Crippen LogP contribution in [0.15, 0.2) is 0 Å². The summed E-state index contributed by atoms with van der Waals surface area (Å²) in [6, 6.07) is 0. The normalized spacial score (nSPS) is 13.0. The van der Waals surface area contributed by atoms with Crippen LogP contribution in [-0.2, 0) is 4.79 Å². The van der Waals surface area contributed by atoms with Gasteiger partial charge in [0.15, 0.2) is 0 Å². The third-order valence-corrected chi connectivity index (χ3v) is 1.67. The molecule has 0 bridgehead atoms. The van der Waals surface area contributed by atoms with E-state index in [-0.39, 0.29) is 11.7 Å².